The average Bonchev–Trinajstić information content (AvgIpc) is 3.39. The number of anilines is 1. The minimum absolute atomic E-state index is 0.135. The lowest BCUT2D eigenvalue weighted by Gasteiger charge is -2.34. The van der Waals surface area contributed by atoms with E-state index in [1.54, 1.807) is 24.3 Å². The molecule has 246 valence electrons. The molecule has 1 fully saturated rings. The smallest absolute Gasteiger partial charge is 0.371 e. The van der Waals surface area contributed by atoms with Gasteiger partial charge in [0.2, 0.25) is 0 Å². The van der Waals surface area contributed by atoms with Crippen LogP contribution < -0.4 is 10.2 Å². The molecule has 1 saturated heterocycles. The molecular formula is C34H27F9N4. The number of fused-ring (bicyclic) bond motifs is 1. The minimum Gasteiger partial charge on any atom is -0.371 e. The Morgan fingerprint density at radius 2 is 1.40 bits per heavy atom. The molecule has 47 heavy (non-hydrogen) atoms. The second-order valence-corrected chi connectivity index (χ2v) is 11.4. The largest absolute Gasteiger partial charge is 0.418 e. The maximum absolute atomic E-state index is 14.6. The van der Waals surface area contributed by atoms with E-state index in [2.05, 4.69) is 15.3 Å². The molecule has 1 aliphatic heterocycles. The van der Waals surface area contributed by atoms with Gasteiger partial charge in [-0.25, -0.2) is 13.2 Å². The number of hydrogen-bond acceptors (Lipinski definition) is 3. The Kier molecular flexibility index (Phi) is 8.68. The van der Waals surface area contributed by atoms with Gasteiger partial charge < -0.3 is 10.2 Å². The van der Waals surface area contributed by atoms with E-state index in [1.165, 1.54) is 24.3 Å². The number of rotatable bonds is 7. The molecule has 1 N–H and O–H groups in total. The summed E-state index contributed by atoms with van der Waals surface area (Å²) in [6.45, 7) is 1.22. The molecule has 4 nitrogen and oxygen atoms in total. The van der Waals surface area contributed by atoms with Gasteiger partial charge in [0.1, 0.15) is 23.0 Å². The van der Waals surface area contributed by atoms with Crippen molar-refractivity contribution in [2.75, 3.05) is 18.0 Å². The Labute approximate surface area is 263 Å². The average molecular weight is 663 g/mol. The summed E-state index contributed by atoms with van der Waals surface area (Å²) in [5.74, 6) is -3.49. The van der Waals surface area contributed by atoms with Crippen LogP contribution in [0.1, 0.15) is 35.1 Å². The molecule has 0 amide bonds. The Bertz CT molecular complexity index is 1850. The van der Waals surface area contributed by atoms with E-state index in [0.29, 0.717) is 37.3 Å². The quantitative estimate of drug-likeness (QED) is 0.177. The van der Waals surface area contributed by atoms with E-state index >= 15 is 0 Å². The Morgan fingerprint density at radius 3 is 2.00 bits per heavy atom. The van der Waals surface area contributed by atoms with E-state index in [1.807, 2.05) is 0 Å². The molecule has 13 heteroatoms. The fraction of sp³-hybridized carbons (Fsp3) is 0.265. The van der Waals surface area contributed by atoms with E-state index in [0.717, 1.165) is 47.0 Å². The monoisotopic (exact) mass is 662 g/mol. The SMILES string of the molecule is Fc1cc(F)c(Cn2nc3c(C(F)(F)F)cccc3c2-c2ccc(N3CCC(NCc4ccc(C(F)(F)F)cc4)CC3)cc2)c(F)c1. The maximum atomic E-state index is 14.6. The molecule has 4 aromatic carbocycles. The summed E-state index contributed by atoms with van der Waals surface area (Å²) in [6, 6.07) is 16.8. The molecule has 0 saturated carbocycles. The van der Waals surface area contributed by atoms with Crippen molar-refractivity contribution >= 4 is 16.6 Å². The third-order valence-corrected chi connectivity index (χ3v) is 8.37. The van der Waals surface area contributed by atoms with Crippen LogP contribution >= 0.6 is 0 Å². The van der Waals surface area contributed by atoms with Crippen LogP contribution in [0.2, 0.25) is 0 Å². The first-order valence-corrected chi connectivity index (χ1v) is 14.7. The van der Waals surface area contributed by atoms with Crippen molar-refractivity contribution in [3.05, 3.63) is 119 Å². The highest BCUT2D eigenvalue weighted by atomic mass is 19.4. The van der Waals surface area contributed by atoms with Crippen molar-refractivity contribution < 1.29 is 39.5 Å². The first kappa shape index (κ1) is 32.4. The number of hydrogen-bond donors (Lipinski definition) is 1. The van der Waals surface area contributed by atoms with Gasteiger partial charge in [-0.1, -0.05) is 36.4 Å². The molecule has 5 aromatic rings. The molecule has 1 aromatic heterocycles. The summed E-state index contributed by atoms with van der Waals surface area (Å²) in [5.41, 5.74) is -0.333. The van der Waals surface area contributed by atoms with Crippen LogP contribution in [-0.2, 0) is 25.4 Å². The first-order valence-electron chi connectivity index (χ1n) is 14.7. The molecule has 6 rings (SSSR count). The zero-order chi connectivity index (χ0) is 33.5. The highest BCUT2D eigenvalue weighted by Crippen LogP contribution is 2.39. The van der Waals surface area contributed by atoms with Gasteiger partial charge >= 0.3 is 12.4 Å². The lowest BCUT2D eigenvalue weighted by atomic mass is 10.0. The van der Waals surface area contributed by atoms with E-state index in [-0.39, 0.29) is 22.6 Å². The topological polar surface area (TPSA) is 33.1 Å². The third kappa shape index (κ3) is 6.95. The van der Waals surface area contributed by atoms with Gasteiger partial charge in [0.05, 0.1) is 23.4 Å². The Morgan fingerprint density at radius 1 is 0.766 bits per heavy atom. The second kappa shape index (κ2) is 12.6. The van der Waals surface area contributed by atoms with Crippen LogP contribution in [0.15, 0.2) is 78.9 Å². The van der Waals surface area contributed by atoms with E-state index in [4.69, 9.17) is 0 Å². The lowest BCUT2D eigenvalue weighted by Crippen LogP contribution is -2.42. The van der Waals surface area contributed by atoms with Crippen molar-refractivity contribution in [3.8, 4) is 11.3 Å². The van der Waals surface area contributed by atoms with E-state index < -0.39 is 53.0 Å². The van der Waals surface area contributed by atoms with Crippen LogP contribution in [0.5, 0.6) is 0 Å². The van der Waals surface area contributed by atoms with Crippen molar-refractivity contribution in [2.24, 2.45) is 0 Å². The summed E-state index contributed by atoms with van der Waals surface area (Å²) < 4.78 is 124. The van der Waals surface area contributed by atoms with Gasteiger partial charge in [-0.05, 0) is 48.7 Å². The number of nitrogens with zero attached hydrogens (tertiary/aromatic N) is 3. The molecule has 0 radical (unpaired) electrons. The molecule has 1 aliphatic rings. The molecule has 2 heterocycles. The number of aromatic nitrogens is 2. The van der Waals surface area contributed by atoms with Gasteiger partial charge in [0.15, 0.2) is 0 Å². The Hall–Kier alpha value is -4.52. The molecular weight excluding hydrogens is 635 g/mol. The molecule has 0 spiro atoms. The normalized spacial score (nSPS) is 14.7. The van der Waals surface area contributed by atoms with Crippen molar-refractivity contribution in [2.45, 2.75) is 44.3 Å². The fourth-order valence-electron chi connectivity index (χ4n) is 5.92. The highest BCUT2D eigenvalue weighted by molar-refractivity contribution is 5.95. The van der Waals surface area contributed by atoms with Crippen molar-refractivity contribution in [1.82, 2.24) is 15.1 Å². The second-order valence-electron chi connectivity index (χ2n) is 11.4. The Balaban J connectivity index is 1.20. The summed E-state index contributed by atoms with van der Waals surface area (Å²) in [6.07, 6.45) is -7.57. The van der Waals surface area contributed by atoms with Gasteiger partial charge in [0.25, 0.3) is 0 Å². The van der Waals surface area contributed by atoms with Gasteiger partial charge in [-0.3, -0.25) is 4.68 Å². The molecule has 0 aliphatic carbocycles. The number of benzene rings is 4. The van der Waals surface area contributed by atoms with E-state index in [9.17, 15) is 39.5 Å². The summed E-state index contributed by atoms with van der Waals surface area (Å²) in [4.78, 5) is 2.14. The van der Waals surface area contributed by atoms with Crippen LogP contribution in [0, 0.1) is 17.5 Å². The van der Waals surface area contributed by atoms with Crippen LogP contribution in [0.3, 0.4) is 0 Å². The van der Waals surface area contributed by atoms with Gasteiger partial charge in [-0.15, -0.1) is 0 Å². The fourth-order valence-corrected chi connectivity index (χ4v) is 5.92. The molecule has 0 atom stereocenters. The maximum Gasteiger partial charge on any atom is 0.418 e. The van der Waals surface area contributed by atoms with Gasteiger partial charge in [0, 0.05) is 60.0 Å². The number of piperidine rings is 1. The zero-order valence-electron chi connectivity index (χ0n) is 24.6. The summed E-state index contributed by atoms with van der Waals surface area (Å²) in [7, 11) is 0. The standard InChI is InChI=1S/C34H27F9N4/c35-23-16-29(36)27(30(37)17-23)19-47-32(26-2-1-3-28(31(26)45-47)34(41,42)43)21-6-10-25(11-7-21)46-14-12-24(13-15-46)44-18-20-4-8-22(9-5-20)33(38,39)40/h1-11,16-17,24,44H,12-15,18-19H2. The summed E-state index contributed by atoms with van der Waals surface area (Å²) in [5, 5.41) is 7.66. The van der Waals surface area contributed by atoms with Crippen molar-refractivity contribution in [3.63, 3.8) is 0 Å². The lowest BCUT2D eigenvalue weighted by molar-refractivity contribution is -0.138. The van der Waals surface area contributed by atoms with Crippen molar-refractivity contribution in [1.29, 1.82) is 0 Å². The number of alkyl halides is 6. The minimum atomic E-state index is -4.73. The van der Waals surface area contributed by atoms with Crippen LogP contribution in [0.25, 0.3) is 22.2 Å². The third-order valence-electron chi connectivity index (χ3n) is 8.37. The number of nitrogens with one attached hydrogen (secondary N) is 1. The zero-order valence-corrected chi connectivity index (χ0v) is 24.6. The van der Waals surface area contributed by atoms with Crippen LogP contribution in [-0.4, -0.2) is 28.9 Å². The first-order chi connectivity index (χ1) is 22.3. The van der Waals surface area contributed by atoms with Gasteiger partial charge in [-0.2, -0.15) is 31.4 Å². The highest BCUT2D eigenvalue weighted by Gasteiger charge is 2.35. The molecule has 0 bridgehead atoms. The molecule has 0 unspecified atom stereocenters. The predicted molar refractivity (Wildman–Crippen MR) is 159 cm³/mol. The van der Waals surface area contributed by atoms with Crippen LogP contribution in [0.4, 0.5) is 45.2 Å². The number of halogens is 9. The predicted octanol–water partition coefficient (Wildman–Crippen LogP) is 8.97. The summed E-state index contributed by atoms with van der Waals surface area (Å²) >= 11 is 0.